The highest BCUT2D eigenvalue weighted by atomic mass is 32.1. The molecule has 1 aliphatic rings. The smallest absolute Gasteiger partial charge is 0.263 e. The Morgan fingerprint density at radius 3 is 2.82 bits per heavy atom. The maximum atomic E-state index is 13.6. The van der Waals surface area contributed by atoms with Crippen molar-refractivity contribution >= 4 is 23.2 Å². The van der Waals surface area contributed by atoms with Gasteiger partial charge in [-0.05, 0) is 56.1 Å². The van der Waals surface area contributed by atoms with Crippen LogP contribution in [0.15, 0.2) is 41.8 Å². The first-order valence-electron chi connectivity index (χ1n) is 9.48. The van der Waals surface area contributed by atoms with Crippen LogP contribution in [0.25, 0.3) is 0 Å². The zero-order valence-electron chi connectivity index (χ0n) is 16.2. The van der Waals surface area contributed by atoms with Crippen LogP contribution in [0.3, 0.4) is 0 Å². The van der Waals surface area contributed by atoms with Gasteiger partial charge in [0.25, 0.3) is 5.91 Å². The first-order chi connectivity index (χ1) is 13.5. The van der Waals surface area contributed by atoms with Crippen LogP contribution in [0.4, 0.5) is 4.39 Å². The molecule has 1 fully saturated rings. The van der Waals surface area contributed by atoms with Gasteiger partial charge in [0, 0.05) is 19.6 Å². The molecule has 1 aromatic heterocycles. The Bertz CT molecular complexity index is 810. The van der Waals surface area contributed by atoms with Gasteiger partial charge >= 0.3 is 0 Å². The summed E-state index contributed by atoms with van der Waals surface area (Å²) >= 11 is 1.42. The number of likely N-dealkylation sites (N-methyl/N-ethyl adjacent to an activating group) is 1. The fourth-order valence-electron chi connectivity index (χ4n) is 3.59. The molecule has 0 spiro atoms. The molecule has 1 aliphatic heterocycles. The maximum absolute atomic E-state index is 13.6. The van der Waals surface area contributed by atoms with Crippen molar-refractivity contribution in [1.29, 1.82) is 0 Å². The van der Waals surface area contributed by atoms with Gasteiger partial charge < -0.3 is 15.1 Å². The van der Waals surface area contributed by atoms with Gasteiger partial charge in [-0.15, -0.1) is 11.3 Å². The summed E-state index contributed by atoms with van der Waals surface area (Å²) in [5, 5.41) is 4.89. The second-order valence-corrected chi connectivity index (χ2v) is 8.29. The van der Waals surface area contributed by atoms with Gasteiger partial charge in [0.2, 0.25) is 5.91 Å². The first-order valence-corrected chi connectivity index (χ1v) is 10.4. The summed E-state index contributed by atoms with van der Waals surface area (Å²) in [5.41, 5.74) is 0.823. The average molecular weight is 404 g/mol. The minimum absolute atomic E-state index is 0.00145. The van der Waals surface area contributed by atoms with E-state index in [2.05, 4.69) is 5.32 Å². The standard InChI is InChI=1S/C21H26FN3O2S/c1-24(2)18(15-6-3-8-17(22)12-15)13-23-20(26)16-7-4-10-25(14-16)21(27)19-9-5-11-28-19/h3,5-6,8-9,11-12,16,18H,4,7,10,13-14H2,1-2H3,(H,23,26)/t16-,18-/m1/s1. The number of amides is 2. The highest BCUT2D eigenvalue weighted by Gasteiger charge is 2.29. The third kappa shape index (κ3) is 4.97. The molecule has 1 saturated heterocycles. The number of carbonyl (C=O) groups is 2. The highest BCUT2D eigenvalue weighted by molar-refractivity contribution is 7.12. The van der Waals surface area contributed by atoms with E-state index in [0.717, 1.165) is 18.4 Å². The average Bonchev–Trinajstić information content (AvgIpc) is 3.22. The van der Waals surface area contributed by atoms with Crippen molar-refractivity contribution in [3.8, 4) is 0 Å². The van der Waals surface area contributed by atoms with E-state index >= 15 is 0 Å². The van der Waals surface area contributed by atoms with Gasteiger partial charge in [-0.2, -0.15) is 0 Å². The van der Waals surface area contributed by atoms with Gasteiger partial charge in [-0.3, -0.25) is 9.59 Å². The van der Waals surface area contributed by atoms with Crippen LogP contribution < -0.4 is 5.32 Å². The van der Waals surface area contributed by atoms with Crippen LogP contribution in [0.5, 0.6) is 0 Å². The Morgan fingerprint density at radius 1 is 1.32 bits per heavy atom. The maximum Gasteiger partial charge on any atom is 0.263 e. The number of hydrogen-bond acceptors (Lipinski definition) is 4. The number of hydrogen-bond donors (Lipinski definition) is 1. The van der Waals surface area contributed by atoms with Crippen LogP contribution in [-0.4, -0.2) is 55.3 Å². The number of nitrogens with one attached hydrogen (secondary N) is 1. The third-order valence-corrected chi connectivity index (χ3v) is 6.00. The molecule has 2 atom stereocenters. The molecule has 0 unspecified atom stereocenters. The van der Waals surface area contributed by atoms with Gasteiger partial charge in [0.15, 0.2) is 0 Å². The minimum atomic E-state index is -0.286. The van der Waals surface area contributed by atoms with Crippen molar-refractivity contribution in [2.45, 2.75) is 18.9 Å². The molecule has 5 nitrogen and oxygen atoms in total. The Balaban J connectivity index is 1.59. The number of benzene rings is 1. The molecule has 2 heterocycles. The monoisotopic (exact) mass is 403 g/mol. The van der Waals surface area contributed by atoms with E-state index in [9.17, 15) is 14.0 Å². The molecule has 0 aliphatic carbocycles. The molecule has 2 amide bonds. The van der Waals surface area contributed by atoms with E-state index in [-0.39, 0.29) is 29.6 Å². The van der Waals surface area contributed by atoms with Gasteiger partial charge in [0.05, 0.1) is 16.8 Å². The molecule has 2 aromatic rings. The summed E-state index contributed by atoms with van der Waals surface area (Å²) < 4.78 is 13.6. The van der Waals surface area contributed by atoms with E-state index in [1.165, 1.54) is 23.5 Å². The molecule has 0 radical (unpaired) electrons. The van der Waals surface area contributed by atoms with Crippen molar-refractivity contribution in [1.82, 2.24) is 15.1 Å². The van der Waals surface area contributed by atoms with Gasteiger partial charge in [-0.25, -0.2) is 4.39 Å². The Labute approximate surface area is 169 Å². The lowest BCUT2D eigenvalue weighted by Gasteiger charge is -2.32. The van der Waals surface area contributed by atoms with Crippen molar-refractivity contribution in [3.63, 3.8) is 0 Å². The minimum Gasteiger partial charge on any atom is -0.354 e. The summed E-state index contributed by atoms with van der Waals surface area (Å²) in [6.07, 6.45) is 1.59. The summed E-state index contributed by atoms with van der Waals surface area (Å²) in [5.74, 6) is -0.552. The van der Waals surface area contributed by atoms with Crippen LogP contribution in [0.2, 0.25) is 0 Å². The van der Waals surface area contributed by atoms with Crippen molar-refractivity contribution in [3.05, 3.63) is 58.0 Å². The van der Waals surface area contributed by atoms with Crippen molar-refractivity contribution in [2.75, 3.05) is 33.7 Å². The molecule has 3 rings (SSSR count). The third-order valence-electron chi connectivity index (χ3n) is 5.14. The predicted molar refractivity (Wildman–Crippen MR) is 109 cm³/mol. The van der Waals surface area contributed by atoms with E-state index < -0.39 is 0 Å². The van der Waals surface area contributed by atoms with Crippen molar-refractivity contribution < 1.29 is 14.0 Å². The fraction of sp³-hybridized carbons (Fsp3) is 0.429. The zero-order chi connectivity index (χ0) is 20.1. The summed E-state index contributed by atoms with van der Waals surface area (Å²) in [7, 11) is 3.81. The van der Waals surface area contributed by atoms with Gasteiger partial charge in [-0.1, -0.05) is 18.2 Å². The highest BCUT2D eigenvalue weighted by Crippen LogP contribution is 2.22. The van der Waals surface area contributed by atoms with E-state index in [1.807, 2.05) is 42.6 Å². The normalized spacial score (nSPS) is 18.1. The Kier molecular flexibility index (Phi) is 6.80. The number of piperidine rings is 1. The number of thiophene rings is 1. The number of rotatable bonds is 6. The van der Waals surface area contributed by atoms with E-state index in [1.54, 1.807) is 11.0 Å². The SMILES string of the molecule is CN(C)[C@H](CNC(=O)[C@@H]1CCCN(C(=O)c2cccs2)C1)c1cccc(F)c1. The quantitative estimate of drug-likeness (QED) is 0.806. The summed E-state index contributed by atoms with van der Waals surface area (Å²) in [4.78, 5) is 29.7. The van der Waals surface area contributed by atoms with E-state index in [4.69, 9.17) is 0 Å². The second kappa shape index (κ2) is 9.30. The molecular formula is C21H26FN3O2S. The fourth-order valence-corrected chi connectivity index (χ4v) is 4.28. The van der Waals surface area contributed by atoms with Crippen molar-refractivity contribution in [2.24, 2.45) is 5.92 Å². The Morgan fingerprint density at radius 2 is 2.14 bits per heavy atom. The summed E-state index contributed by atoms with van der Waals surface area (Å²) in [6, 6.07) is 10.0. The number of likely N-dealkylation sites (tertiary alicyclic amines) is 1. The molecule has 0 saturated carbocycles. The molecule has 28 heavy (non-hydrogen) atoms. The molecule has 150 valence electrons. The van der Waals surface area contributed by atoms with Crippen LogP contribution in [-0.2, 0) is 4.79 Å². The van der Waals surface area contributed by atoms with Crippen LogP contribution in [0.1, 0.15) is 34.1 Å². The first kappa shape index (κ1) is 20.5. The van der Waals surface area contributed by atoms with Gasteiger partial charge in [0.1, 0.15) is 5.82 Å². The molecule has 7 heteroatoms. The lowest BCUT2D eigenvalue weighted by atomic mass is 9.96. The lowest BCUT2D eigenvalue weighted by molar-refractivity contribution is -0.126. The molecule has 0 bridgehead atoms. The molecule has 1 aromatic carbocycles. The second-order valence-electron chi connectivity index (χ2n) is 7.35. The zero-order valence-corrected chi connectivity index (χ0v) is 17.0. The topological polar surface area (TPSA) is 52.7 Å². The summed E-state index contributed by atoms with van der Waals surface area (Å²) in [6.45, 7) is 1.52. The molecular weight excluding hydrogens is 377 g/mol. The number of nitrogens with zero attached hydrogens (tertiary/aromatic N) is 2. The Hall–Kier alpha value is -2.25. The van der Waals surface area contributed by atoms with Crippen LogP contribution >= 0.6 is 11.3 Å². The predicted octanol–water partition coefficient (Wildman–Crippen LogP) is 3.16. The van der Waals surface area contributed by atoms with E-state index in [0.29, 0.717) is 24.5 Å². The number of halogens is 1. The largest absolute Gasteiger partial charge is 0.354 e. The number of carbonyl (C=O) groups excluding carboxylic acids is 2. The molecule has 1 N–H and O–H groups in total. The lowest BCUT2D eigenvalue weighted by Crippen LogP contribution is -2.46. The van der Waals surface area contributed by atoms with Crippen LogP contribution in [0, 0.1) is 11.7 Å².